The van der Waals surface area contributed by atoms with Gasteiger partial charge in [-0.25, -0.2) is 4.79 Å². The Labute approximate surface area is 133 Å². The molecule has 0 saturated heterocycles. The lowest BCUT2D eigenvalue weighted by molar-refractivity contribution is 0.0472. The highest BCUT2D eigenvalue weighted by Gasteiger charge is 2.10. The highest BCUT2D eigenvalue weighted by atomic mass is 16.5. The van der Waals surface area contributed by atoms with Gasteiger partial charge in [0.2, 0.25) is 0 Å². The summed E-state index contributed by atoms with van der Waals surface area (Å²) in [6, 6.07) is 10.8. The fourth-order valence-electron chi connectivity index (χ4n) is 2.30. The van der Waals surface area contributed by atoms with Crippen molar-refractivity contribution >= 4 is 17.0 Å². The van der Waals surface area contributed by atoms with Gasteiger partial charge >= 0.3 is 5.97 Å². The fourth-order valence-corrected chi connectivity index (χ4v) is 2.30. The average molecular weight is 311 g/mol. The van der Waals surface area contributed by atoms with E-state index in [1.807, 2.05) is 32.0 Å². The van der Waals surface area contributed by atoms with Gasteiger partial charge in [0.05, 0.1) is 12.2 Å². The molecule has 2 aromatic carbocycles. The van der Waals surface area contributed by atoms with Crippen molar-refractivity contribution in [1.29, 1.82) is 0 Å². The quantitative estimate of drug-likeness (QED) is 0.733. The summed E-state index contributed by atoms with van der Waals surface area (Å²) in [5, 5.41) is 10.6. The summed E-state index contributed by atoms with van der Waals surface area (Å²) in [5.41, 5.74) is 3.80. The maximum Gasteiger partial charge on any atom is 0.338 e. The van der Waals surface area contributed by atoms with Crippen LogP contribution in [0.3, 0.4) is 0 Å². The molecule has 1 aromatic heterocycles. The Kier molecular flexibility index (Phi) is 4.23. The number of rotatable bonds is 5. The Morgan fingerprint density at radius 2 is 1.96 bits per heavy atom. The molecular weight excluding hydrogens is 294 g/mol. The minimum absolute atomic E-state index is 0.188. The maximum atomic E-state index is 12.2. The van der Waals surface area contributed by atoms with E-state index in [9.17, 15) is 4.79 Å². The molecule has 0 unspecified atom stereocenters. The van der Waals surface area contributed by atoms with Crippen molar-refractivity contribution in [3.05, 3.63) is 53.1 Å². The van der Waals surface area contributed by atoms with Crippen molar-refractivity contribution in [2.24, 2.45) is 0 Å². The van der Waals surface area contributed by atoms with Gasteiger partial charge in [0.25, 0.3) is 0 Å². The molecular formula is C17H17N3O3. The smallest absolute Gasteiger partial charge is 0.338 e. The Morgan fingerprint density at radius 1 is 1.13 bits per heavy atom. The second-order valence-corrected chi connectivity index (χ2v) is 5.14. The molecule has 0 amide bonds. The number of carbonyl (C=O) groups is 1. The van der Waals surface area contributed by atoms with Gasteiger partial charge in [-0.1, -0.05) is 6.07 Å². The molecule has 118 valence electrons. The first-order valence-electron chi connectivity index (χ1n) is 7.37. The first-order chi connectivity index (χ1) is 11.2. The van der Waals surface area contributed by atoms with Crippen molar-refractivity contribution in [2.45, 2.75) is 20.5 Å². The predicted molar refractivity (Wildman–Crippen MR) is 85.4 cm³/mol. The summed E-state index contributed by atoms with van der Waals surface area (Å²) in [4.78, 5) is 12.2. The monoisotopic (exact) mass is 311 g/mol. The lowest BCUT2D eigenvalue weighted by atomic mass is 10.1. The van der Waals surface area contributed by atoms with Crippen molar-refractivity contribution < 1.29 is 14.3 Å². The summed E-state index contributed by atoms with van der Waals surface area (Å²) < 4.78 is 10.8. The average Bonchev–Trinajstić information content (AvgIpc) is 3.02. The van der Waals surface area contributed by atoms with Crippen LogP contribution in [0.1, 0.15) is 28.4 Å². The van der Waals surface area contributed by atoms with Crippen LogP contribution in [0.5, 0.6) is 5.75 Å². The molecule has 1 N–H and O–H groups in total. The largest absolute Gasteiger partial charge is 0.494 e. The van der Waals surface area contributed by atoms with E-state index in [0.717, 1.165) is 27.9 Å². The van der Waals surface area contributed by atoms with Crippen molar-refractivity contribution in [1.82, 2.24) is 15.4 Å². The Balaban J connectivity index is 1.67. The van der Waals surface area contributed by atoms with Crippen molar-refractivity contribution in [3.63, 3.8) is 0 Å². The number of aromatic amines is 1. The van der Waals surface area contributed by atoms with Crippen LogP contribution in [0.25, 0.3) is 11.0 Å². The Hall–Kier alpha value is -2.89. The molecule has 0 fully saturated rings. The number of aromatic nitrogens is 3. The number of ether oxygens (including phenoxy) is 2. The van der Waals surface area contributed by atoms with Gasteiger partial charge in [-0.3, -0.25) is 0 Å². The molecule has 0 saturated carbocycles. The van der Waals surface area contributed by atoms with E-state index in [2.05, 4.69) is 15.4 Å². The molecule has 0 aliphatic rings. The van der Waals surface area contributed by atoms with E-state index in [1.54, 1.807) is 18.2 Å². The number of esters is 1. The topological polar surface area (TPSA) is 77.1 Å². The standard InChI is InChI=1S/C17H17N3O3/c1-3-22-16-7-5-13(8-11(16)2)17(21)23-10-12-4-6-14-15(9-12)19-20-18-14/h4-9H,3,10H2,1-2H3,(H,18,19,20). The molecule has 6 nitrogen and oxygen atoms in total. The molecule has 0 aliphatic heterocycles. The van der Waals surface area contributed by atoms with Gasteiger partial charge < -0.3 is 9.47 Å². The van der Waals surface area contributed by atoms with Crippen LogP contribution in [0.15, 0.2) is 36.4 Å². The number of hydrogen-bond acceptors (Lipinski definition) is 5. The van der Waals surface area contributed by atoms with Crippen LogP contribution in [-0.2, 0) is 11.3 Å². The van der Waals surface area contributed by atoms with E-state index >= 15 is 0 Å². The van der Waals surface area contributed by atoms with E-state index in [1.165, 1.54) is 0 Å². The lowest BCUT2D eigenvalue weighted by Crippen LogP contribution is -2.06. The molecule has 0 atom stereocenters. The number of carbonyl (C=O) groups excluding carboxylic acids is 1. The van der Waals surface area contributed by atoms with E-state index in [-0.39, 0.29) is 12.6 Å². The third-order valence-corrected chi connectivity index (χ3v) is 3.46. The van der Waals surface area contributed by atoms with E-state index < -0.39 is 0 Å². The second kappa shape index (κ2) is 6.48. The molecule has 1 heterocycles. The summed E-state index contributed by atoms with van der Waals surface area (Å²) in [6.07, 6.45) is 0. The molecule has 0 spiro atoms. The number of H-pyrrole nitrogens is 1. The van der Waals surface area contributed by atoms with Crippen molar-refractivity contribution in [2.75, 3.05) is 6.61 Å². The minimum Gasteiger partial charge on any atom is -0.494 e. The third-order valence-electron chi connectivity index (χ3n) is 3.46. The molecule has 6 heteroatoms. The van der Waals surface area contributed by atoms with Crippen molar-refractivity contribution in [3.8, 4) is 5.75 Å². The van der Waals surface area contributed by atoms with E-state index in [4.69, 9.17) is 9.47 Å². The van der Waals surface area contributed by atoms with Gasteiger partial charge in [-0.05, 0) is 55.3 Å². The number of aryl methyl sites for hydroxylation is 1. The van der Waals surface area contributed by atoms with Gasteiger partial charge in [-0.2, -0.15) is 15.4 Å². The van der Waals surface area contributed by atoms with Crippen LogP contribution in [0, 0.1) is 6.92 Å². The predicted octanol–water partition coefficient (Wildman–Crippen LogP) is 3.02. The zero-order valence-electron chi connectivity index (χ0n) is 13.0. The lowest BCUT2D eigenvalue weighted by Gasteiger charge is -2.09. The first-order valence-corrected chi connectivity index (χ1v) is 7.37. The highest BCUT2D eigenvalue weighted by Crippen LogP contribution is 2.20. The van der Waals surface area contributed by atoms with Gasteiger partial charge in [0.15, 0.2) is 0 Å². The van der Waals surface area contributed by atoms with E-state index in [0.29, 0.717) is 12.2 Å². The molecule has 23 heavy (non-hydrogen) atoms. The summed E-state index contributed by atoms with van der Waals surface area (Å²) >= 11 is 0. The van der Waals surface area contributed by atoms with Gasteiger partial charge in [0, 0.05) is 0 Å². The zero-order valence-corrected chi connectivity index (χ0v) is 13.0. The fraction of sp³-hybridized carbons (Fsp3) is 0.235. The number of fused-ring (bicyclic) bond motifs is 1. The number of nitrogens with zero attached hydrogens (tertiary/aromatic N) is 2. The molecule has 0 bridgehead atoms. The normalized spacial score (nSPS) is 10.7. The zero-order chi connectivity index (χ0) is 16.2. The summed E-state index contributed by atoms with van der Waals surface area (Å²) in [6.45, 7) is 4.61. The maximum absolute atomic E-state index is 12.2. The highest BCUT2D eigenvalue weighted by molar-refractivity contribution is 5.89. The molecule has 3 aromatic rings. The van der Waals surface area contributed by atoms with Gasteiger partial charge in [0.1, 0.15) is 23.4 Å². The number of nitrogens with one attached hydrogen (secondary N) is 1. The van der Waals surface area contributed by atoms with Gasteiger partial charge in [-0.15, -0.1) is 0 Å². The molecule has 0 radical (unpaired) electrons. The van der Waals surface area contributed by atoms with Crippen LogP contribution >= 0.6 is 0 Å². The minimum atomic E-state index is -0.364. The SMILES string of the molecule is CCOc1ccc(C(=O)OCc2ccc3n[nH]nc3c2)cc1C. The second-order valence-electron chi connectivity index (χ2n) is 5.14. The number of benzene rings is 2. The molecule has 0 aliphatic carbocycles. The number of hydrogen-bond donors (Lipinski definition) is 1. The van der Waals surface area contributed by atoms with Crippen LogP contribution in [0.2, 0.25) is 0 Å². The summed E-state index contributed by atoms with van der Waals surface area (Å²) in [5.74, 6) is 0.414. The molecule has 3 rings (SSSR count). The summed E-state index contributed by atoms with van der Waals surface area (Å²) in [7, 11) is 0. The third kappa shape index (κ3) is 3.31. The van der Waals surface area contributed by atoms with Crippen LogP contribution in [0.4, 0.5) is 0 Å². The first kappa shape index (κ1) is 15.0. The Morgan fingerprint density at radius 3 is 2.74 bits per heavy atom. The van der Waals surface area contributed by atoms with Crippen LogP contribution in [-0.4, -0.2) is 28.0 Å². The Bertz CT molecular complexity index is 842. The van der Waals surface area contributed by atoms with Crippen LogP contribution < -0.4 is 4.74 Å².